The van der Waals surface area contributed by atoms with Crippen molar-refractivity contribution in [2.24, 2.45) is 0 Å². The number of carbonyl (C=O) groups excluding carboxylic acids is 2. The molecular weight excluding hydrogens is 415 g/mol. The average molecular weight is 447 g/mol. The van der Waals surface area contributed by atoms with Crippen LogP contribution in [0.25, 0.3) is 0 Å². The van der Waals surface area contributed by atoms with Gasteiger partial charge in [0.1, 0.15) is 29.1 Å². The van der Waals surface area contributed by atoms with Gasteiger partial charge in [0.2, 0.25) is 5.91 Å². The lowest BCUT2D eigenvalue weighted by Gasteiger charge is -2.29. The quantitative estimate of drug-likeness (QED) is 0.571. The number of amides is 2. The SMILES string of the molecule is CCC(C)NC(=O)C(C)N(Cc1ccc(F)cc1)C(=O)COc1cc(OC)cc(OC)c1. The molecule has 0 fully saturated rings. The van der Waals surface area contributed by atoms with Crippen LogP contribution in [0, 0.1) is 5.82 Å². The van der Waals surface area contributed by atoms with Crippen molar-refractivity contribution in [3.63, 3.8) is 0 Å². The van der Waals surface area contributed by atoms with Gasteiger partial charge in [-0.2, -0.15) is 0 Å². The first-order valence-corrected chi connectivity index (χ1v) is 10.5. The number of ether oxygens (including phenoxy) is 3. The molecule has 0 aliphatic carbocycles. The summed E-state index contributed by atoms with van der Waals surface area (Å²) in [7, 11) is 3.04. The number of carbonyl (C=O) groups is 2. The lowest BCUT2D eigenvalue weighted by atomic mass is 10.1. The molecule has 174 valence electrons. The molecule has 8 heteroatoms. The minimum atomic E-state index is -0.745. The van der Waals surface area contributed by atoms with Crippen LogP contribution >= 0.6 is 0 Å². The van der Waals surface area contributed by atoms with Gasteiger partial charge in [0.05, 0.1) is 14.2 Å². The Morgan fingerprint density at radius 2 is 1.56 bits per heavy atom. The lowest BCUT2D eigenvalue weighted by molar-refractivity contribution is -0.142. The standard InChI is InChI=1S/C24H31FN2O5/c1-6-16(2)26-24(29)17(3)27(14-18-7-9-19(25)10-8-18)23(28)15-32-22-12-20(30-4)11-21(13-22)31-5/h7-13,16-17H,6,14-15H2,1-5H3,(H,26,29). The molecule has 32 heavy (non-hydrogen) atoms. The predicted molar refractivity (Wildman–Crippen MR) is 119 cm³/mol. The van der Waals surface area contributed by atoms with E-state index < -0.39 is 6.04 Å². The molecule has 2 amide bonds. The van der Waals surface area contributed by atoms with Crippen LogP contribution in [0.1, 0.15) is 32.8 Å². The fourth-order valence-corrected chi connectivity index (χ4v) is 2.93. The third-order valence-electron chi connectivity index (χ3n) is 5.12. The Bertz CT molecular complexity index is 882. The second-order valence-electron chi connectivity index (χ2n) is 7.48. The summed E-state index contributed by atoms with van der Waals surface area (Å²) in [6.07, 6.45) is 0.769. The Morgan fingerprint density at radius 3 is 2.09 bits per heavy atom. The molecular formula is C24H31FN2O5. The number of nitrogens with zero attached hydrogens (tertiary/aromatic N) is 1. The van der Waals surface area contributed by atoms with Crippen molar-refractivity contribution in [3.05, 3.63) is 53.8 Å². The number of methoxy groups -OCH3 is 2. The van der Waals surface area contributed by atoms with Gasteiger partial charge in [0, 0.05) is 30.8 Å². The van der Waals surface area contributed by atoms with E-state index in [4.69, 9.17) is 14.2 Å². The number of rotatable bonds is 11. The smallest absolute Gasteiger partial charge is 0.261 e. The van der Waals surface area contributed by atoms with E-state index in [1.54, 1.807) is 37.3 Å². The molecule has 0 spiro atoms. The van der Waals surface area contributed by atoms with Crippen LogP contribution in [0.5, 0.6) is 17.2 Å². The molecule has 0 bridgehead atoms. The summed E-state index contributed by atoms with van der Waals surface area (Å²) < 4.78 is 29.4. The Labute approximate surface area is 188 Å². The summed E-state index contributed by atoms with van der Waals surface area (Å²) in [5.74, 6) is 0.422. The Hall–Kier alpha value is -3.29. The van der Waals surface area contributed by atoms with Crippen LogP contribution in [-0.2, 0) is 16.1 Å². The molecule has 1 N–H and O–H groups in total. The van der Waals surface area contributed by atoms with E-state index in [9.17, 15) is 14.0 Å². The van der Waals surface area contributed by atoms with Gasteiger partial charge in [0.25, 0.3) is 5.91 Å². The predicted octanol–water partition coefficient (Wildman–Crippen LogP) is 3.55. The molecule has 0 aliphatic heterocycles. The van der Waals surface area contributed by atoms with Gasteiger partial charge in [-0.15, -0.1) is 0 Å². The third-order valence-corrected chi connectivity index (χ3v) is 5.12. The fourth-order valence-electron chi connectivity index (χ4n) is 2.93. The van der Waals surface area contributed by atoms with E-state index in [1.807, 2.05) is 13.8 Å². The van der Waals surface area contributed by atoms with E-state index in [0.717, 1.165) is 6.42 Å². The van der Waals surface area contributed by atoms with Crippen molar-refractivity contribution in [3.8, 4) is 17.2 Å². The van der Waals surface area contributed by atoms with Crippen LogP contribution < -0.4 is 19.5 Å². The number of benzene rings is 2. The topological polar surface area (TPSA) is 77.1 Å². The van der Waals surface area contributed by atoms with Gasteiger partial charge in [-0.1, -0.05) is 19.1 Å². The van der Waals surface area contributed by atoms with E-state index in [0.29, 0.717) is 22.8 Å². The zero-order valence-corrected chi connectivity index (χ0v) is 19.2. The first-order valence-electron chi connectivity index (χ1n) is 10.5. The molecule has 0 radical (unpaired) electrons. The minimum absolute atomic E-state index is 0.0202. The molecule has 0 heterocycles. The highest BCUT2D eigenvalue weighted by atomic mass is 19.1. The maximum atomic E-state index is 13.3. The zero-order chi connectivity index (χ0) is 23.7. The van der Waals surface area contributed by atoms with Crippen molar-refractivity contribution >= 4 is 11.8 Å². The molecule has 2 rings (SSSR count). The van der Waals surface area contributed by atoms with Crippen LogP contribution in [0.15, 0.2) is 42.5 Å². The van der Waals surface area contributed by atoms with E-state index in [2.05, 4.69) is 5.32 Å². The largest absolute Gasteiger partial charge is 0.496 e. The second kappa shape index (κ2) is 11.9. The van der Waals surface area contributed by atoms with E-state index in [1.165, 1.54) is 31.3 Å². The third kappa shape index (κ3) is 7.14. The summed E-state index contributed by atoms with van der Waals surface area (Å²) in [6, 6.07) is 10.0. The fraction of sp³-hybridized carbons (Fsp3) is 0.417. The van der Waals surface area contributed by atoms with Crippen LogP contribution in [0.4, 0.5) is 4.39 Å². The lowest BCUT2D eigenvalue weighted by Crippen LogP contribution is -2.50. The summed E-state index contributed by atoms with van der Waals surface area (Å²) >= 11 is 0. The molecule has 0 saturated carbocycles. The van der Waals surface area contributed by atoms with Crippen LogP contribution in [0.3, 0.4) is 0 Å². The van der Waals surface area contributed by atoms with Crippen LogP contribution in [-0.4, -0.2) is 49.6 Å². The first-order chi connectivity index (χ1) is 15.3. The molecule has 2 aromatic carbocycles. The minimum Gasteiger partial charge on any atom is -0.496 e. The van der Waals surface area contributed by atoms with E-state index in [-0.39, 0.29) is 36.8 Å². The van der Waals surface area contributed by atoms with Gasteiger partial charge in [0.15, 0.2) is 6.61 Å². The van der Waals surface area contributed by atoms with Crippen molar-refractivity contribution in [1.29, 1.82) is 0 Å². The second-order valence-corrected chi connectivity index (χ2v) is 7.48. The highest BCUT2D eigenvalue weighted by Crippen LogP contribution is 2.27. The van der Waals surface area contributed by atoms with Crippen molar-refractivity contribution in [2.45, 2.75) is 45.8 Å². The van der Waals surface area contributed by atoms with Crippen molar-refractivity contribution in [2.75, 3.05) is 20.8 Å². The van der Waals surface area contributed by atoms with Gasteiger partial charge < -0.3 is 24.4 Å². The summed E-state index contributed by atoms with van der Waals surface area (Å²) in [5, 5.41) is 2.90. The number of halogens is 1. The van der Waals surface area contributed by atoms with E-state index >= 15 is 0 Å². The summed E-state index contributed by atoms with van der Waals surface area (Å²) in [4.78, 5) is 27.2. The van der Waals surface area contributed by atoms with Gasteiger partial charge in [-0.25, -0.2) is 4.39 Å². The normalized spacial score (nSPS) is 12.4. The molecule has 0 aromatic heterocycles. The average Bonchev–Trinajstić information content (AvgIpc) is 2.81. The Morgan fingerprint density at radius 1 is 1.00 bits per heavy atom. The van der Waals surface area contributed by atoms with Gasteiger partial charge in [-0.05, 0) is 38.0 Å². The zero-order valence-electron chi connectivity index (χ0n) is 19.2. The monoisotopic (exact) mass is 446 g/mol. The number of nitrogens with one attached hydrogen (secondary N) is 1. The molecule has 2 atom stereocenters. The highest BCUT2D eigenvalue weighted by molar-refractivity contribution is 5.88. The molecule has 0 saturated heterocycles. The molecule has 2 unspecified atom stereocenters. The van der Waals surface area contributed by atoms with Crippen LogP contribution in [0.2, 0.25) is 0 Å². The molecule has 0 aliphatic rings. The highest BCUT2D eigenvalue weighted by Gasteiger charge is 2.27. The first kappa shape index (κ1) is 25.0. The Kier molecular flexibility index (Phi) is 9.31. The Balaban J connectivity index is 2.18. The van der Waals surface area contributed by atoms with Crippen molar-refractivity contribution < 1.29 is 28.2 Å². The summed E-state index contributed by atoms with van der Waals surface area (Å²) in [5.41, 5.74) is 0.700. The number of hydrogen-bond donors (Lipinski definition) is 1. The maximum Gasteiger partial charge on any atom is 0.261 e. The number of hydrogen-bond acceptors (Lipinski definition) is 5. The van der Waals surface area contributed by atoms with Gasteiger partial charge in [-0.3, -0.25) is 9.59 Å². The molecule has 7 nitrogen and oxygen atoms in total. The van der Waals surface area contributed by atoms with Gasteiger partial charge >= 0.3 is 0 Å². The molecule has 2 aromatic rings. The summed E-state index contributed by atoms with van der Waals surface area (Å²) in [6.45, 7) is 5.37. The maximum absolute atomic E-state index is 13.3. The van der Waals surface area contributed by atoms with Crippen molar-refractivity contribution in [1.82, 2.24) is 10.2 Å².